The Morgan fingerprint density at radius 2 is 1.80 bits per heavy atom. The highest BCUT2D eigenvalue weighted by molar-refractivity contribution is 4.88. The highest BCUT2D eigenvalue weighted by Crippen LogP contribution is 2.28. The molecule has 3 unspecified atom stereocenters. The van der Waals surface area contributed by atoms with E-state index < -0.39 is 0 Å². The van der Waals surface area contributed by atoms with Gasteiger partial charge in [-0.05, 0) is 12.8 Å². The summed E-state index contributed by atoms with van der Waals surface area (Å²) >= 11 is 0. The van der Waals surface area contributed by atoms with E-state index in [1.807, 2.05) is 0 Å². The SMILES string of the molecule is OC(CN1CCOCC1)CN1CCOC2CCCCC21. The molecule has 5 nitrogen and oxygen atoms in total. The number of nitrogens with zero attached hydrogens (tertiary/aromatic N) is 2. The van der Waals surface area contributed by atoms with Gasteiger partial charge in [0.2, 0.25) is 0 Å². The Bertz CT molecular complexity index is 295. The summed E-state index contributed by atoms with van der Waals surface area (Å²) in [7, 11) is 0. The number of hydrogen-bond acceptors (Lipinski definition) is 5. The first-order chi connectivity index (χ1) is 9.83. The third-order valence-corrected chi connectivity index (χ3v) is 4.87. The van der Waals surface area contributed by atoms with Gasteiger partial charge in [-0.15, -0.1) is 0 Å². The summed E-state index contributed by atoms with van der Waals surface area (Å²) in [6, 6.07) is 0.539. The lowest BCUT2D eigenvalue weighted by molar-refractivity contribution is -0.0997. The molecule has 3 rings (SSSR count). The van der Waals surface area contributed by atoms with Crippen LogP contribution in [0.15, 0.2) is 0 Å². The van der Waals surface area contributed by atoms with E-state index in [4.69, 9.17) is 9.47 Å². The van der Waals surface area contributed by atoms with Gasteiger partial charge in [0, 0.05) is 38.8 Å². The fourth-order valence-electron chi connectivity index (χ4n) is 3.81. The minimum atomic E-state index is -0.256. The van der Waals surface area contributed by atoms with Crippen LogP contribution in [0.25, 0.3) is 0 Å². The molecular formula is C15H28N2O3. The predicted molar refractivity (Wildman–Crippen MR) is 76.8 cm³/mol. The van der Waals surface area contributed by atoms with Crippen LogP contribution in [0.5, 0.6) is 0 Å². The summed E-state index contributed by atoms with van der Waals surface area (Å²) in [6.45, 7) is 6.87. The minimum Gasteiger partial charge on any atom is -0.390 e. The maximum absolute atomic E-state index is 10.4. The van der Waals surface area contributed by atoms with Gasteiger partial charge >= 0.3 is 0 Å². The van der Waals surface area contributed by atoms with E-state index in [0.717, 1.165) is 52.5 Å². The highest BCUT2D eigenvalue weighted by atomic mass is 16.5. The number of ether oxygens (including phenoxy) is 2. The van der Waals surface area contributed by atoms with Gasteiger partial charge < -0.3 is 14.6 Å². The molecule has 1 saturated carbocycles. The van der Waals surface area contributed by atoms with E-state index in [1.54, 1.807) is 0 Å². The van der Waals surface area contributed by atoms with Crippen molar-refractivity contribution in [3.05, 3.63) is 0 Å². The van der Waals surface area contributed by atoms with Crippen LogP contribution in [0.3, 0.4) is 0 Å². The quantitative estimate of drug-likeness (QED) is 0.806. The van der Waals surface area contributed by atoms with Gasteiger partial charge in [-0.1, -0.05) is 12.8 Å². The van der Waals surface area contributed by atoms with Gasteiger partial charge in [0.25, 0.3) is 0 Å². The zero-order valence-electron chi connectivity index (χ0n) is 12.4. The minimum absolute atomic E-state index is 0.256. The largest absolute Gasteiger partial charge is 0.390 e. The number of hydrogen-bond donors (Lipinski definition) is 1. The summed E-state index contributed by atoms with van der Waals surface area (Å²) in [5, 5.41) is 10.4. The van der Waals surface area contributed by atoms with Crippen molar-refractivity contribution in [2.45, 2.75) is 43.9 Å². The van der Waals surface area contributed by atoms with Crippen LogP contribution in [-0.2, 0) is 9.47 Å². The monoisotopic (exact) mass is 284 g/mol. The van der Waals surface area contributed by atoms with Gasteiger partial charge in [0.15, 0.2) is 0 Å². The fourth-order valence-corrected chi connectivity index (χ4v) is 3.81. The molecule has 5 heteroatoms. The first-order valence-electron chi connectivity index (χ1n) is 8.17. The Labute approximate surface area is 121 Å². The lowest BCUT2D eigenvalue weighted by Gasteiger charge is -2.44. The topological polar surface area (TPSA) is 45.2 Å². The second-order valence-corrected chi connectivity index (χ2v) is 6.32. The van der Waals surface area contributed by atoms with E-state index in [1.165, 1.54) is 25.7 Å². The van der Waals surface area contributed by atoms with E-state index in [-0.39, 0.29) is 6.10 Å². The molecule has 0 amide bonds. The van der Waals surface area contributed by atoms with Crippen molar-refractivity contribution in [2.24, 2.45) is 0 Å². The summed E-state index contributed by atoms with van der Waals surface area (Å²) in [6.07, 6.45) is 5.18. The third kappa shape index (κ3) is 3.71. The molecule has 0 spiro atoms. The van der Waals surface area contributed by atoms with Crippen LogP contribution in [0.2, 0.25) is 0 Å². The van der Waals surface area contributed by atoms with Crippen LogP contribution in [-0.4, -0.2) is 85.7 Å². The average molecular weight is 284 g/mol. The van der Waals surface area contributed by atoms with Crippen molar-refractivity contribution >= 4 is 0 Å². The molecule has 1 N–H and O–H groups in total. The van der Waals surface area contributed by atoms with Gasteiger partial charge in [-0.2, -0.15) is 0 Å². The molecule has 0 radical (unpaired) electrons. The average Bonchev–Trinajstić information content (AvgIpc) is 2.48. The smallest absolute Gasteiger partial charge is 0.0793 e. The van der Waals surface area contributed by atoms with Crippen molar-refractivity contribution in [1.29, 1.82) is 0 Å². The third-order valence-electron chi connectivity index (χ3n) is 4.87. The summed E-state index contributed by atoms with van der Waals surface area (Å²) in [5.41, 5.74) is 0. The van der Waals surface area contributed by atoms with Crippen molar-refractivity contribution in [1.82, 2.24) is 9.80 Å². The van der Waals surface area contributed by atoms with E-state index in [9.17, 15) is 5.11 Å². The van der Waals surface area contributed by atoms with Crippen molar-refractivity contribution in [3.63, 3.8) is 0 Å². The number of aliphatic hydroxyl groups excluding tert-OH is 1. The second-order valence-electron chi connectivity index (χ2n) is 6.32. The van der Waals surface area contributed by atoms with Crippen molar-refractivity contribution in [2.75, 3.05) is 52.5 Å². The Morgan fingerprint density at radius 1 is 1.00 bits per heavy atom. The molecular weight excluding hydrogens is 256 g/mol. The Morgan fingerprint density at radius 3 is 2.65 bits per heavy atom. The van der Waals surface area contributed by atoms with Crippen LogP contribution < -0.4 is 0 Å². The summed E-state index contributed by atoms with van der Waals surface area (Å²) < 4.78 is 11.2. The van der Waals surface area contributed by atoms with Crippen LogP contribution in [0.1, 0.15) is 25.7 Å². The van der Waals surface area contributed by atoms with Gasteiger partial charge in [-0.3, -0.25) is 9.80 Å². The fraction of sp³-hybridized carbons (Fsp3) is 1.00. The van der Waals surface area contributed by atoms with Crippen LogP contribution in [0, 0.1) is 0 Å². The number of β-amino-alcohol motifs (C(OH)–C–C–N with tert-alkyl or cyclic N) is 1. The zero-order chi connectivity index (χ0) is 13.8. The molecule has 20 heavy (non-hydrogen) atoms. The Hall–Kier alpha value is -0.200. The van der Waals surface area contributed by atoms with Gasteiger partial charge in [0.05, 0.1) is 32.0 Å². The number of aliphatic hydroxyl groups is 1. The van der Waals surface area contributed by atoms with Crippen LogP contribution in [0.4, 0.5) is 0 Å². The molecule has 3 atom stereocenters. The van der Waals surface area contributed by atoms with Crippen molar-refractivity contribution < 1.29 is 14.6 Å². The van der Waals surface area contributed by atoms with Gasteiger partial charge in [-0.25, -0.2) is 0 Å². The molecule has 116 valence electrons. The molecule has 0 bridgehead atoms. The normalized spacial score (nSPS) is 34.6. The first-order valence-corrected chi connectivity index (χ1v) is 8.17. The van der Waals surface area contributed by atoms with E-state index in [2.05, 4.69) is 9.80 Å². The number of rotatable bonds is 4. The van der Waals surface area contributed by atoms with Crippen molar-refractivity contribution in [3.8, 4) is 0 Å². The molecule has 0 aromatic heterocycles. The number of fused-ring (bicyclic) bond motifs is 1. The molecule has 2 heterocycles. The lowest BCUT2D eigenvalue weighted by atomic mass is 9.90. The Kier molecular flexibility index (Phi) is 5.29. The summed E-state index contributed by atoms with van der Waals surface area (Å²) in [5.74, 6) is 0. The maximum Gasteiger partial charge on any atom is 0.0793 e. The zero-order valence-corrected chi connectivity index (χ0v) is 12.4. The molecule has 3 fully saturated rings. The first kappa shape index (κ1) is 14.7. The van der Waals surface area contributed by atoms with Gasteiger partial charge in [0.1, 0.15) is 0 Å². The molecule has 2 aliphatic heterocycles. The Balaban J connectivity index is 1.47. The molecule has 0 aromatic rings. The van der Waals surface area contributed by atoms with Crippen LogP contribution >= 0.6 is 0 Å². The molecule has 3 aliphatic rings. The molecule has 0 aromatic carbocycles. The molecule has 1 aliphatic carbocycles. The summed E-state index contributed by atoms with van der Waals surface area (Å²) in [4.78, 5) is 4.78. The van der Waals surface area contributed by atoms with E-state index >= 15 is 0 Å². The number of morpholine rings is 2. The second kappa shape index (κ2) is 7.18. The lowest BCUT2D eigenvalue weighted by Crippen LogP contribution is -2.55. The maximum atomic E-state index is 10.4. The standard InChI is InChI=1S/C15H28N2O3/c18-13(11-16-5-8-19-9-6-16)12-17-7-10-20-15-4-2-1-3-14(15)17/h13-15,18H,1-12H2. The highest BCUT2D eigenvalue weighted by Gasteiger charge is 2.34. The predicted octanol–water partition coefficient (Wildman–Crippen LogP) is 0.323. The van der Waals surface area contributed by atoms with E-state index in [0.29, 0.717) is 12.1 Å². The molecule has 2 saturated heterocycles.